The van der Waals surface area contributed by atoms with Gasteiger partial charge < -0.3 is 14.7 Å². The van der Waals surface area contributed by atoms with E-state index < -0.39 is 5.60 Å². The highest BCUT2D eigenvalue weighted by Crippen LogP contribution is 2.40. The first kappa shape index (κ1) is 11.7. The lowest BCUT2D eigenvalue weighted by Crippen LogP contribution is -2.41. The minimum absolute atomic E-state index is 0.199. The van der Waals surface area contributed by atoms with Gasteiger partial charge in [-0.05, 0) is 46.0 Å². The molecule has 92 valence electrons. The van der Waals surface area contributed by atoms with Crippen molar-refractivity contribution in [1.29, 1.82) is 0 Å². The van der Waals surface area contributed by atoms with E-state index in [4.69, 9.17) is 4.74 Å². The highest BCUT2D eigenvalue weighted by Gasteiger charge is 2.44. The summed E-state index contributed by atoms with van der Waals surface area (Å²) in [6, 6.07) is 0.199. The van der Waals surface area contributed by atoms with Gasteiger partial charge in [0.2, 0.25) is 0 Å². The number of hydrogen-bond acceptors (Lipinski definition) is 3. The summed E-state index contributed by atoms with van der Waals surface area (Å²) >= 11 is 0. The van der Waals surface area contributed by atoms with Crippen LogP contribution in [-0.2, 0) is 4.74 Å². The van der Waals surface area contributed by atoms with E-state index in [1.165, 1.54) is 12.8 Å². The van der Waals surface area contributed by atoms with Crippen LogP contribution < -0.4 is 0 Å². The molecule has 2 atom stereocenters. The Morgan fingerprint density at radius 3 is 2.50 bits per heavy atom. The van der Waals surface area contributed by atoms with Crippen molar-refractivity contribution in [3.63, 3.8) is 0 Å². The molecule has 2 fully saturated rings. The Bertz CT molecular complexity index is 280. The van der Waals surface area contributed by atoms with Crippen molar-refractivity contribution in [1.82, 2.24) is 4.90 Å². The largest absolute Gasteiger partial charge is 0.444 e. The summed E-state index contributed by atoms with van der Waals surface area (Å²) < 4.78 is 5.35. The van der Waals surface area contributed by atoms with Crippen molar-refractivity contribution in [3.8, 4) is 0 Å². The third-order valence-corrected chi connectivity index (χ3v) is 3.12. The molecule has 0 radical (unpaired) electrons. The zero-order valence-corrected chi connectivity index (χ0v) is 10.3. The first-order valence-electron chi connectivity index (χ1n) is 6.04. The summed E-state index contributed by atoms with van der Waals surface area (Å²) in [6.07, 6.45) is 2.41. The van der Waals surface area contributed by atoms with Crippen LogP contribution in [0.25, 0.3) is 0 Å². The van der Waals surface area contributed by atoms with Crippen LogP contribution in [0.2, 0.25) is 0 Å². The average Bonchev–Trinajstić information content (AvgIpc) is 2.87. The number of aliphatic hydroxyl groups is 1. The van der Waals surface area contributed by atoms with Crippen molar-refractivity contribution in [2.45, 2.75) is 57.8 Å². The van der Waals surface area contributed by atoms with Crippen LogP contribution in [0.4, 0.5) is 4.79 Å². The third-order valence-electron chi connectivity index (χ3n) is 3.12. The Labute approximate surface area is 96.6 Å². The average molecular weight is 227 g/mol. The van der Waals surface area contributed by atoms with Gasteiger partial charge in [-0.2, -0.15) is 0 Å². The zero-order chi connectivity index (χ0) is 11.9. The van der Waals surface area contributed by atoms with Crippen LogP contribution in [0.1, 0.15) is 40.0 Å². The summed E-state index contributed by atoms with van der Waals surface area (Å²) in [5.74, 6) is 0.588. The van der Waals surface area contributed by atoms with Crippen molar-refractivity contribution < 1.29 is 14.6 Å². The lowest BCUT2D eigenvalue weighted by atomic mass is 10.1. The molecule has 4 nitrogen and oxygen atoms in total. The SMILES string of the molecule is CC(C)(C)OC(=O)N1CC(O)CC1C1CC1. The van der Waals surface area contributed by atoms with Gasteiger partial charge in [-0.1, -0.05) is 0 Å². The summed E-state index contributed by atoms with van der Waals surface area (Å²) in [5.41, 5.74) is -0.460. The summed E-state index contributed by atoms with van der Waals surface area (Å²) in [4.78, 5) is 13.7. The molecule has 1 saturated carbocycles. The Morgan fingerprint density at radius 2 is 2.00 bits per heavy atom. The number of rotatable bonds is 1. The molecule has 1 N–H and O–H groups in total. The van der Waals surface area contributed by atoms with E-state index in [9.17, 15) is 9.90 Å². The van der Waals surface area contributed by atoms with E-state index in [0.717, 1.165) is 0 Å². The first-order valence-corrected chi connectivity index (χ1v) is 6.04. The van der Waals surface area contributed by atoms with Crippen molar-refractivity contribution in [2.75, 3.05) is 6.54 Å². The molecule has 2 unspecified atom stereocenters. The van der Waals surface area contributed by atoms with Gasteiger partial charge in [0.15, 0.2) is 0 Å². The molecule has 1 saturated heterocycles. The quantitative estimate of drug-likeness (QED) is 0.742. The molecule has 2 aliphatic rings. The molecule has 0 aromatic carbocycles. The van der Waals surface area contributed by atoms with Crippen LogP contribution in [0, 0.1) is 5.92 Å². The highest BCUT2D eigenvalue weighted by atomic mass is 16.6. The van der Waals surface area contributed by atoms with Crippen molar-refractivity contribution in [2.24, 2.45) is 5.92 Å². The number of ether oxygens (including phenoxy) is 1. The van der Waals surface area contributed by atoms with Crippen LogP contribution in [-0.4, -0.2) is 40.4 Å². The van der Waals surface area contributed by atoms with Crippen LogP contribution in [0.3, 0.4) is 0 Å². The summed E-state index contributed by atoms with van der Waals surface area (Å²) in [7, 11) is 0. The van der Waals surface area contributed by atoms with Crippen LogP contribution >= 0.6 is 0 Å². The maximum Gasteiger partial charge on any atom is 0.410 e. The molecular formula is C12H21NO3. The molecule has 1 aliphatic heterocycles. The third kappa shape index (κ3) is 2.67. The molecule has 0 aromatic heterocycles. The minimum atomic E-state index is -0.460. The highest BCUT2D eigenvalue weighted by molar-refractivity contribution is 5.69. The summed E-state index contributed by atoms with van der Waals surface area (Å²) in [5, 5.41) is 9.64. The molecule has 1 aliphatic carbocycles. The fourth-order valence-corrected chi connectivity index (χ4v) is 2.30. The molecule has 4 heteroatoms. The second kappa shape index (κ2) is 3.91. The number of β-amino-alcohol motifs (C(OH)–C–C–N with tert-alkyl or cyclic N) is 1. The topological polar surface area (TPSA) is 49.8 Å². The Hall–Kier alpha value is -0.770. The predicted molar refractivity (Wildman–Crippen MR) is 60.1 cm³/mol. The first-order chi connectivity index (χ1) is 7.37. The van der Waals surface area contributed by atoms with E-state index in [0.29, 0.717) is 18.9 Å². The Balaban J connectivity index is 1.98. The van der Waals surface area contributed by atoms with Gasteiger partial charge in [0.05, 0.1) is 12.6 Å². The number of aliphatic hydroxyl groups excluding tert-OH is 1. The van der Waals surface area contributed by atoms with Crippen LogP contribution in [0.15, 0.2) is 0 Å². The molecule has 1 heterocycles. The molecule has 0 bridgehead atoms. The number of hydrogen-bond donors (Lipinski definition) is 1. The second-order valence-corrected chi connectivity index (χ2v) is 5.93. The standard InChI is InChI=1S/C12H21NO3/c1-12(2,3)16-11(15)13-7-9(14)6-10(13)8-4-5-8/h8-10,14H,4-7H2,1-3H3. The molecular weight excluding hydrogens is 206 g/mol. The van der Waals surface area contributed by atoms with Gasteiger partial charge in [-0.15, -0.1) is 0 Å². The van der Waals surface area contributed by atoms with Crippen molar-refractivity contribution in [3.05, 3.63) is 0 Å². The van der Waals surface area contributed by atoms with Gasteiger partial charge >= 0.3 is 6.09 Å². The number of likely N-dealkylation sites (tertiary alicyclic amines) is 1. The normalized spacial score (nSPS) is 30.6. The van der Waals surface area contributed by atoms with Crippen LogP contribution in [0.5, 0.6) is 0 Å². The van der Waals surface area contributed by atoms with E-state index in [2.05, 4.69) is 0 Å². The second-order valence-electron chi connectivity index (χ2n) is 5.93. The number of amides is 1. The summed E-state index contributed by atoms with van der Waals surface area (Å²) in [6.45, 7) is 6.02. The van der Waals surface area contributed by atoms with E-state index >= 15 is 0 Å². The fraction of sp³-hybridized carbons (Fsp3) is 0.917. The number of nitrogens with zero attached hydrogens (tertiary/aromatic N) is 1. The van der Waals surface area contributed by atoms with Gasteiger partial charge in [0, 0.05) is 6.04 Å². The lowest BCUT2D eigenvalue weighted by Gasteiger charge is -2.28. The predicted octanol–water partition coefficient (Wildman–Crippen LogP) is 1.77. The number of carbonyl (C=O) groups excluding carboxylic acids is 1. The maximum absolute atomic E-state index is 11.9. The van der Waals surface area contributed by atoms with E-state index in [-0.39, 0.29) is 18.2 Å². The fourth-order valence-electron chi connectivity index (χ4n) is 2.30. The molecule has 0 aromatic rings. The smallest absolute Gasteiger partial charge is 0.410 e. The van der Waals surface area contributed by atoms with Gasteiger partial charge in [0.25, 0.3) is 0 Å². The molecule has 2 rings (SSSR count). The zero-order valence-electron chi connectivity index (χ0n) is 10.3. The Morgan fingerprint density at radius 1 is 1.38 bits per heavy atom. The van der Waals surface area contributed by atoms with Gasteiger partial charge in [-0.25, -0.2) is 4.79 Å². The molecule has 0 spiro atoms. The Kier molecular flexibility index (Phi) is 2.86. The van der Waals surface area contributed by atoms with Gasteiger partial charge in [0.1, 0.15) is 5.60 Å². The number of carbonyl (C=O) groups is 1. The maximum atomic E-state index is 11.9. The molecule has 16 heavy (non-hydrogen) atoms. The van der Waals surface area contributed by atoms with Gasteiger partial charge in [-0.3, -0.25) is 0 Å². The molecule has 1 amide bonds. The lowest BCUT2D eigenvalue weighted by molar-refractivity contribution is 0.0193. The monoisotopic (exact) mass is 227 g/mol. The van der Waals surface area contributed by atoms with Crippen molar-refractivity contribution >= 4 is 6.09 Å². The minimum Gasteiger partial charge on any atom is -0.444 e. The van der Waals surface area contributed by atoms with E-state index in [1.807, 2.05) is 20.8 Å². The van der Waals surface area contributed by atoms with E-state index in [1.54, 1.807) is 4.90 Å².